The number of hydrogen-bond donors (Lipinski definition) is 1. The highest BCUT2D eigenvalue weighted by atomic mass is 16.3. The molecule has 0 bridgehead atoms. The monoisotopic (exact) mass is 210 g/mol. The van der Waals surface area contributed by atoms with Gasteiger partial charge in [0.05, 0.1) is 6.54 Å². The van der Waals surface area contributed by atoms with Crippen LogP contribution in [0.5, 0.6) is 0 Å². The zero-order valence-electron chi connectivity index (χ0n) is 10.4. The fourth-order valence-electron chi connectivity index (χ4n) is 1.23. The van der Waals surface area contributed by atoms with Crippen molar-refractivity contribution in [3.05, 3.63) is 23.7 Å². The van der Waals surface area contributed by atoms with Crippen molar-refractivity contribution in [2.45, 2.75) is 32.9 Å². The predicted octanol–water partition coefficient (Wildman–Crippen LogP) is 2.02. The highest BCUT2D eigenvalue weighted by Crippen LogP contribution is 2.09. The molecule has 3 heteroatoms. The highest BCUT2D eigenvalue weighted by molar-refractivity contribution is 5.05. The minimum Gasteiger partial charge on any atom is -0.465 e. The van der Waals surface area contributed by atoms with Crippen LogP contribution < -0.4 is 5.32 Å². The second-order valence-corrected chi connectivity index (χ2v) is 4.82. The van der Waals surface area contributed by atoms with Crippen LogP contribution in [0, 0.1) is 6.92 Å². The van der Waals surface area contributed by atoms with E-state index in [-0.39, 0.29) is 5.54 Å². The van der Waals surface area contributed by atoms with Crippen LogP contribution in [0.4, 0.5) is 0 Å². The topological polar surface area (TPSA) is 28.4 Å². The number of furan rings is 1. The maximum absolute atomic E-state index is 5.48. The lowest BCUT2D eigenvalue weighted by molar-refractivity contribution is 0.188. The molecule has 1 aromatic heterocycles. The van der Waals surface area contributed by atoms with Crippen molar-refractivity contribution in [2.24, 2.45) is 0 Å². The zero-order chi connectivity index (χ0) is 11.5. The molecule has 0 saturated heterocycles. The summed E-state index contributed by atoms with van der Waals surface area (Å²) >= 11 is 0. The summed E-state index contributed by atoms with van der Waals surface area (Å²) in [7, 11) is 4.19. The fourth-order valence-corrected chi connectivity index (χ4v) is 1.23. The van der Waals surface area contributed by atoms with Crippen molar-refractivity contribution < 1.29 is 4.42 Å². The quantitative estimate of drug-likeness (QED) is 0.806. The Bertz CT molecular complexity index is 302. The van der Waals surface area contributed by atoms with Crippen molar-refractivity contribution >= 4 is 0 Å². The molecular weight excluding hydrogens is 188 g/mol. The predicted molar refractivity (Wildman–Crippen MR) is 62.9 cm³/mol. The Morgan fingerprint density at radius 2 is 2.00 bits per heavy atom. The largest absolute Gasteiger partial charge is 0.465 e. The second kappa shape index (κ2) is 4.81. The van der Waals surface area contributed by atoms with Crippen molar-refractivity contribution in [2.75, 3.05) is 20.6 Å². The van der Waals surface area contributed by atoms with Gasteiger partial charge >= 0.3 is 0 Å². The smallest absolute Gasteiger partial charge is 0.117 e. The van der Waals surface area contributed by atoms with Gasteiger partial charge in [-0.25, -0.2) is 0 Å². The van der Waals surface area contributed by atoms with Gasteiger partial charge in [0.2, 0.25) is 0 Å². The van der Waals surface area contributed by atoms with Crippen molar-refractivity contribution in [3.8, 4) is 0 Å². The van der Waals surface area contributed by atoms with E-state index in [0.717, 1.165) is 24.6 Å². The molecule has 3 nitrogen and oxygen atoms in total. The molecule has 0 saturated carbocycles. The molecule has 1 rings (SSSR count). The van der Waals surface area contributed by atoms with E-state index in [1.165, 1.54) is 0 Å². The first-order chi connectivity index (χ1) is 6.92. The van der Waals surface area contributed by atoms with Crippen LogP contribution in [0.25, 0.3) is 0 Å². The lowest BCUT2D eigenvalue weighted by atomic mass is 10.0. The molecule has 0 atom stereocenters. The van der Waals surface area contributed by atoms with Crippen LogP contribution in [0.15, 0.2) is 16.5 Å². The van der Waals surface area contributed by atoms with Crippen molar-refractivity contribution in [1.82, 2.24) is 10.2 Å². The summed E-state index contributed by atoms with van der Waals surface area (Å²) < 4.78 is 5.48. The van der Waals surface area contributed by atoms with Crippen LogP contribution in [0.1, 0.15) is 25.4 Å². The van der Waals surface area contributed by atoms with Gasteiger partial charge < -0.3 is 14.6 Å². The third-order valence-corrected chi connectivity index (χ3v) is 2.86. The lowest BCUT2D eigenvalue weighted by Gasteiger charge is -2.32. The molecule has 1 aromatic rings. The van der Waals surface area contributed by atoms with E-state index in [9.17, 15) is 0 Å². The summed E-state index contributed by atoms with van der Waals surface area (Å²) in [5.74, 6) is 1.97. The van der Waals surface area contributed by atoms with Gasteiger partial charge in [-0.3, -0.25) is 0 Å². The van der Waals surface area contributed by atoms with Crippen LogP contribution in [0.2, 0.25) is 0 Å². The third-order valence-electron chi connectivity index (χ3n) is 2.86. The van der Waals surface area contributed by atoms with E-state index in [4.69, 9.17) is 4.42 Å². The number of nitrogens with one attached hydrogen (secondary N) is 1. The molecule has 1 N–H and O–H groups in total. The first-order valence-corrected chi connectivity index (χ1v) is 5.35. The van der Waals surface area contributed by atoms with Gasteiger partial charge in [-0.05, 0) is 47.0 Å². The molecule has 0 fully saturated rings. The molecule has 1 heterocycles. The molecule has 0 radical (unpaired) electrons. The van der Waals surface area contributed by atoms with Gasteiger partial charge in [0, 0.05) is 12.1 Å². The van der Waals surface area contributed by atoms with Crippen LogP contribution in [-0.4, -0.2) is 31.1 Å². The summed E-state index contributed by atoms with van der Waals surface area (Å²) in [5.41, 5.74) is 0.168. The second-order valence-electron chi connectivity index (χ2n) is 4.82. The number of likely N-dealkylation sites (N-methyl/N-ethyl adjacent to an activating group) is 1. The van der Waals surface area contributed by atoms with E-state index < -0.39 is 0 Å². The lowest BCUT2D eigenvalue weighted by Crippen LogP contribution is -2.46. The standard InChI is InChI=1S/C12H22N2O/c1-10-6-7-11(15-10)8-13-9-12(2,3)14(4)5/h6-7,13H,8-9H2,1-5H3. The molecule has 0 amide bonds. The van der Waals surface area contributed by atoms with Gasteiger partial charge in [0.25, 0.3) is 0 Å². The molecular formula is C12H22N2O. The molecule has 0 unspecified atom stereocenters. The third kappa shape index (κ3) is 3.68. The Labute approximate surface area is 92.5 Å². The van der Waals surface area contributed by atoms with E-state index in [1.807, 2.05) is 19.1 Å². The summed E-state index contributed by atoms with van der Waals surface area (Å²) in [4.78, 5) is 2.22. The van der Waals surface area contributed by atoms with Gasteiger partial charge in [-0.15, -0.1) is 0 Å². The van der Waals surface area contributed by atoms with Gasteiger partial charge in [0.1, 0.15) is 11.5 Å². The maximum Gasteiger partial charge on any atom is 0.117 e. The Morgan fingerprint density at radius 3 is 2.47 bits per heavy atom. The summed E-state index contributed by atoms with van der Waals surface area (Å²) in [6.07, 6.45) is 0. The molecule has 0 spiro atoms. The first kappa shape index (κ1) is 12.3. The van der Waals surface area contributed by atoms with Crippen molar-refractivity contribution in [3.63, 3.8) is 0 Å². The minimum absolute atomic E-state index is 0.168. The zero-order valence-corrected chi connectivity index (χ0v) is 10.4. The number of rotatable bonds is 5. The number of nitrogens with zero attached hydrogens (tertiary/aromatic N) is 1. The average molecular weight is 210 g/mol. The molecule has 0 aromatic carbocycles. The number of aryl methyl sites for hydroxylation is 1. The minimum atomic E-state index is 0.168. The molecule has 0 aliphatic rings. The molecule has 15 heavy (non-hydrogen) atoms. The molecule has 0 aliphatic heterocycles. The van der Waals surface area contributed by atoms with Gasteiger partial charge in [0.15, 0.2) is 0 Å². The summed E-state index contributed by atoms with van der Waals surface area (Å²) in [5, 5.41) is 3.40. The van der Waals surface area contributed by atoms with E-state index in [2.05, 4.69) is 38.2 Å². The van der Waals surface area contributed by atoms with Crippen LogP contribution in [0.3, 0.4) is 0 Å². The first-order valence-electron chi connectivity index (χ1n) is 5.35. The Morgan fingerprint density at radius 1 is 1.33 bits per heavy atom. The van der Waals surface area contributed by atoms with Crippen LogP contribution in [-0.2, 0) is 6.54 Å². The normalized spacial score (nSPS) is 12.4. The van der Waals surface area contributed by atoms with Gasteiger partial charge in [-0.2, -0.15) is 0 Å². The van der Waals surface area contributed by atoms with E-state index in [0.29, 0.717) is 0 Å². The summed E-state index contributed by atoms with van der Waals surface area (Å²) in [6, 6.07) is 4.01. The van der Waals surface area contributed by atoms with E-state index >= 15 is 0 Å². The van der Waals surface area contributed by atoms with E-state index in [1.54, 1.807) is 0 Å². The van der Waals surface area contributed by atoms with Gasteiger partial charge in [-0.1, -0.05) is 0 Å². The fraction of sp³-hybridized carbons (Fsp3) is 0.667. The maximum atomic E-state index is 5.48. The Hall–Kier alpha value is -0.800. The molecule has 86 valence electrons. The van der Waals surface area contributed by atoms with Crippen LogP contribution >= 0.6 is 0 Å². The Kier molecular flexibility index (Phi) is 3.94. The van der Waals surface area contributed by atoms with Crippen molar-refractivity contribution in [1.29, 1.82) is 0 Å². The number of hydrogen-bond acceptors (Lipinski definition) is 3. The SMILES string of the molecule is Cc1ccc(CNCC(C)(C)N(C)C)o1. The average Bonchev–Trinajstić information content (AvgIpc) is 2.51. The molecule has 0 aliphatic carbocycles. The summed E-state index contributed by atoms with van der Waals surface area (Å²) in [6.45, 7) is 8.14. The highest BCUT2D eigenvalue weighted by Gasteiger charge is 2.19. The Balaban J connectivity index is 2.33.